The normalized spacial score (nSPS) is 24.5. The number of aromatic nitrogens is 1. The summed E-state index contributed by atoms with van der Waals surface area (Å²) in [5.74, 6) is 0. The number of fused-ring (bicyclic) bond motifs is 1. The Bertz CT molecular complexity index is 747. The Balaban J connectivity index is 1.82. The van der Waals surface area contributed by atoms with Crippen molar-refractivity contribution < 1.29 is 19.1 Å². The molecule has 1 amide bonds. The number of rotatable bonds is 2. The van der Waals surface area contributed by atoms with Gasteiger partial charge in [-0.15, -0.1) is 0 Å². The molecule has 0 unspecified atom stereocenters. The number of carbonyl (C=O) groups excluding carboxylic acids is 2. The summed E-state index contributed by atoms with van der Waals surface area (Å²) in [5.41, 5.74) is 0.0355. The molecule has 1 aromatic rings. The van der Waals surface area contributed by atoms with Gasteiger partial charge in [-0.25, -0.2) is 9.78 Å². The van der Waals surface area contributed by atoms with E-state index in [-0.39, 0.29) is 18.2 Å². The molecular formula is C19H26BrN3O4. The first kappa shape index (κ1) is 20.1. The van der Waals surface area contributed by atoms with Crippen molar-refractivity contribution in [1.29, 1.82) is 0 Å². The molecule has 2 atom stereocenters. The number of nitrogens with zero attached hydrogens (tertiary/aromatic N) is 3. The molecule has 0 aliphatic carbocycles. The molecule has 0 bridgehead atoms. The summed E-state index contributed by atoms with van der Waals surface area (Å²) in [6.45, 7) is 10.6. The van der Waals surface area contributed by atoms with Crippen LogP contribution in [0.4, 0.5) is 10.5 Å². The fraction of sp³-hybridized carbons (Fsp3) is 0.632. The highest BCUT2D eigenvalue weighted by atomic mass is 79.9. The third-order valence-corrected chi connectivity index (χ3v) is 5.47. The van der Waals surface area contributed by atoms with Crippen molar-refractivity contribution in [3.63, 3.8) is 0 Å². The number of hydrogen-bond acceptors (Lipinski definition) is 6. The van der Waals surface area contributed by atoms with E-state index in [2.05, 4.69) is 25.8 Å². The molecule has 2 aliphatic rings. The summed E-state index contributed by atoms with van der Waals surface area (Å²) in [6, 6.07) is 1.77. The molecule has 0 N–H and O–H groups in total. The van der Waals surface area contributed by atoms with Gasteiger partial charge in [0, 0.05) is 19.3 Å². The number of aldehydes is 1. The fourth-order valence-electron chi connectivity index (χ4n) is 3.85. The van der Waals surface area contributed by atoms with Gasteiger partial charge in [0.2, 0.25) is 0 Å². The molecular weight excluding hydrogens is 414 g/mol. The van der Waals surface area contributed by atoms with E-state index < -0.39 is 11.3 Å². The number of carbonyl (C=O) groups is 2. The van der Waals surface area contributed by atoms with E-state index in [9.17, 15) is 9.59 Å². The van der Waals surface area contributed by atoms with Crippen molar-refractivity contribution in [1.82, 2.24) is 9.88 Å². The maximum Gasteiger partial charge on any atom is 0.412 e. The van der Waals surface area contributed by atoms with E-state index >= 15 is 0 Å². The van der Waals surface area contributed by atoms with Gasteiger partial charge in [0.15, 0.2) is 6.29 Å². The number of pyridine rings is 1. The molecule has 8 heteroatoms. The highest BCUT2D eigenvalue weighted by Crippen LogP contribution is 2.39. The van der Waals surface area contributed by atoms with Crippen LogP contribution >= 0.6 is 15.9 Å². The summed E-state index contributed by atoms with van der Waals surface area (Å²) in [7, 11) is 0. The Morgan fingerprint density at radius 2 is 2.15 bits per heavy atom. The molecule has 2 aliphatic heterocycles. The SMILES string of the molecule is CC(C)(C)OC(=O)N1[C@@H]2CCN(c3ccnc(Br)c3C=O)C[C@@H]2OC1(C)C. The Kier molecular flexibility index (Phi) is 5.24. The molecule has 7 nitrogen and oxygen atoms in total. The zero-order chi connectivity index (χ0) is 20.0. The van der Waals surface area contributed by atoms with Gasteiger partial charge < -0.3 is 14.4 Å². The molecule has 0 spiro atoms. The summed E-state index contributed by atoms with van der Waals surface area (Å²) >= 11 is 3.34. The van der Waals surface area contributed by atoms with E-state index in [0.717, 1.165) is 18.4 Å². The predicted molar refractivity (Wildman–Crippen MR) is 105 cm³/mol. The van der Waals surface area contributed by atoms with E-state index in [4.69, 9.17) is 9.47 Å². The quantitative estimate of drug-likeness (QED) is 0.517. The summed E-state index contributed by atoms with van der Waals surface area (Å²) < 4.78 is 12.4. The minimum Gasteiger partial charge on any atom is -0.444 e. The molecule has 3 rings (SSSR count). The van der Waals surface area contributed by atoms with E-state index in [0.29, 0.717) is 23.3 Å². The lowest BCUT2D eigenvalue weighted by molar-refractivity contribution is -0.0766. The minimum absolute atomic E-state index is 0.0592. The number of halogens is 1. The molecule has 148 valence electrons. The average Bonchev–Trinajstić information content (AvgIpc) is 2.81. The highest BCUT2D eigenvalue weighted by Gasteiger charge is 2.53. The Hall–Kier alpha value is -1.67. The van der Waals surface area contributed by atoms with E-state index in [1.807, 2.05) is 40.7 Å². The molecule has 2 fully saturated rings. The fourth-order valence-corrected chi connectivity index (χ4v) is 4.26. The van der Waals surface area contributed by atoms with Crippen molar-refractivity contribution in [3.8, 4) is 0 Å². The molecule has 0 radical (unpaired) electrons. The largest absolute Gasteiger partial charge is 0.444 e. The zero-order valence-corrected chi connectivity index (χ0v) is 17.9. The minimum atomic E-state index is -0.750. The molecule has 3 heterocycles. The number of piperidine rings is 1. The molecule has 2 saturated heterocycles. The molecule has 1 aromatic heterocycles. The van der Waals surface area contributed by atoms with Crippen LogP contribution < -0.4 is 4.90 Å². The lowest BCUT2D eigenvalue weighted by atomic mass is 10.00. The van der Waals surface area contributed by atoms with Gasteiger partial charge in [0.25, 0.3) is 0 Å². The van der Waals surface area contributed by atoms with Crippen LogP contribution in [0.5, 0.6) is 0 Å². The Morgan fingerprint density at radius 1 is 1.44 bits per heavy atom. The smallest absolute Gasteiger partial charge is 0.412 e. The topological polar surface area (TPSA) is 72.0 Å². The van der Waals surface area contributed by atoms with Gasteiger partial charge in [0.1, 0.15) is 15.9 Å². The summed E-state index contributed by atoms with van der Waals surface area (Å²) in [4.78, 5) is 32.2. The number of amides is 1. The summed E-state index contributed by atoms with van der Waals surface area (Å²) in [5, 5.41) is 0. The first-order valence-electron chi connectivity index (χ1n) is 9.08. The maximum absolute atomic E-state index is 12.8. The maximum atomic E-state index is 12.8. The van der Waals surface area contributed by atoms with E-state index in [1.54, 1.807) is 11.1 Å². The van der Waals surface area contributed by atoms with Crippen molar-refractivity contribution in [2.24, 2.45) is 0 Å². The second-order valence-electron chi connectivity index (χ2n) is 8.41. The zero-order valence-electron chi connectivity index (χ0n) is 16.4. The first-order chi connectivity index (χ1) is 12.5. The third-order valence-electron chi connectivity index (χ3n) is 4.84. The van der Waals surface area contributed by atoms with Gasteiger partial charge in [-0.2, -0.15) is 0 Å². The van der Waals surface area contributed by atoms with Crippen LogP contribution in [0.1, 0.15) is 51.4 Å². The average molecular weight is 440 g/mol. The Labute approximate surface area is 168 Å². The van der Waals surface area contributed by atoms with Crippen LogP contribution in [-0.4, -0.2) is 58.8 Å². The lowest BCUT2D eigenvalue weighted by Gasteiger charge is -2.39. The standard InChI is InChI=1S/C19H26BrN3O4/c1-18(2,3)27-17(25)23-14-7-9-22(10-15(14)26-19(23,4)5)13-6-8-21-16(20)12(13)11-24/h6,8,11,14-15H,7,9-10H2,1-5H3/t14-,15+/m1/s1. The molecule has 27 heavy (non-hydrogen) atoms. The van der Waals surface area contributed by atoms with E-state index in [1.165, 1.54) is 0 Å². The second-order valence-corrected chi connectivity index (χ2v) is 9.16. The van der Waals surface area contributed by atoms with Gasteiger partial charge in [-0.3, -0.25) is 9.69 Å². The first-order valence-corrected chi connectivity index (χ1v) is 9.87. The van der Waals surface area contributed by atoms with Crippen molar-refractivity contribution in [2.75, 3.05) is 18.0 Å². The van der Waals surface area contributed by atoms with Crippen LogP contribution in [0.2, 0.25) is 0 Å². The monoisotopic (exact) mass is 439 g/mol. The molecule has 0 aromatic carbocycles. The highest BCUT2D eigenvalue weighted by molar-refractivity contribution is 9.10. The predicted octanol–water partition coefficient (Wildman–Crippen LogP) is 3.61. The third kappa shape index (κ3) is 3.96. The van der Waals surface area contributed by atoms with Crippen LogP contribution in [0.3, 0.4) is 0 Å². The Morgan fingerprint density at radius 3 is 2.78 bits per heavy atom. The van der Waals surface area contributed by atoms with Gasteiger partial charge in [0.05, 0.1) is 23.4 Å². The number of anilines is 1. The lowest BCUT2D eigenvalue weighted by Crippen LogP contribution is -2.54. The van der Waals surface area contributed by atoms with Crippen LogP contribution in [0.25, 0.3) is 0 Å². The number of hydrogen-bond donors (Lipinski definition) is 0. The van der Waals surface area contributed by atoms with Crippen molar-refractivity contribution in [3.05, 3.63) is 22.4 Å². The number of ether oxygens (including phenoxy) is 2. The van der Waals surface area contributed by atoms with Crippen molar-refractivity contribution >= 4 is 34.0 Å². The van der Waals surface area contributed by atoms with Crippen molar-refractivity contribution in [2.45, 2.75) is 64.5 Å². The van der Waals surface area contributed by atoms with Gasteiger partial charge in [-0.1, -0.05) is 0 Å². The van der Waals surface area contributed by atoms with Gasteiger partial charge >= 0.3 is 6.09 Å². The van der Waals surface area contributed by atoms with Crippen LogP contribution in [-0.2, 0) is 9.47 Å². The van der Waals surface area contributed by atoms with Crippen LogP contribution in [0.15, 0.2) is 16.9 Å². The van der Waals surface area contributed by atoms with Gasteiger partial charge in [-0.05, 0) is 63.0 Å². The van der Waals surface area contributed by atoms with Crippen LogP contribution in [0, 0.1) is 0 Å². The summed E-state index contributed by atoms with van der Waals surface area (Å²) in [6.07, 6.45) is 2.70. The second kappa shape index (κ2) is 7.05. The molecule has 0 saturated carbocycles.